The van der Waals surface area contributed by atoms with Crippen molar-refractivity contribution in [3.8, 4) is 0 Å². The summed E-state index contributed by atoms with van der Waals surface area (Å²) < 4.78 is 16.1. The molecule has 2 heterocycles. The summed E-state index contributed by atoms with van der Waals surface area (Å²) in [6.07, 6.45) is 1.43. The maximum absolute atomic E-state index is 13.8. The summed E-state index contributed by atoms with van der Waals surface area (Å²) in [6, 6.07) is 16.3. The first kappa shape index (κ1) is 36.4. The molecule has 0 radical (unpaired) electrons. The van der Waals surface area contributed by atoms with Crippen LogP contribution in [0.3, 0.4) is 0 Å². The van der Waals surface area contributed by atoms with Crippen molar-refractivity contribution in [2.24, 2.45) is 11.8 Å². The smallest absolute Gasteiger partial charge is 0.226 e. The Kier molecular flexibility index (Phi) is 13.7. The van der Waals surface area contributed by atoms with Gasteiger partial charge in [0, 0.05) is 33.2 Å². The Morgan fingerprint density at radius 2 is 1.57 bits per heavy atom. The molecule has 256 valence electrons. The van der Waals surface area contributed by atoms with Crippen molar-refractivity contribution in [1.82, 2.24) is 15.5 Å². The van der Waals surface area contributed by atoms with Crippen molar-refractivity contribution in [1.29, 1.82) is 0 Å². The zero-order valence-corrected chi connectivity index (χ0v) is 28.3. The molecule has 2 aromatic carbocycles. The van der Waals surface area contributed by atoms with Crippen molar-refractivity contribution in [3.05, 3.63) is 71.3 Å². The van der Waals surface area contributed by atoms with Gasteiger partial charge in [0.15, 0.2) is 11.6 Å². The summed E-state index contributed by atoms with van der Waals surface area (Å²) in [5.74, 6) is -1.76. The van der Waals surface area contributed by atoms with Crippen LogP contribution in [0.25, 0.3) is 0 Å². The number of benzene rings is 2. The third kappa shape index (κ3) is 11.6. The maximum Gasteiger partial charge on any atom is 0.226 e. The van der Waals surface area contributed by atoms with Gasteiger partial charge in [-0.3, -0.25) is 24.1 Å². The Balaban J connectivity index is 1.40. The van der Waals surface area contributed by atoms with Crippen LogP contribution in [-0.4, -0.2) is 92.6 Å². The van der Waals surface area contributed by atoms with E-state index in [9.17, 15) is 19.2 Å². The number of ether oxygens (including phenoxy) is 3. The van der Waals surface area contributed by atoms with E-state index in [0.717, 1.165) is 44.0 Å². The van der Waals surface area contributed by atoms with Crippen molar-refractivity contribution in [2.75, 3.05) is 46.6 Å². The second kappa shape index (κ2) is 17.6. The Hall–Kier alpha value is -3.44. The molecule has 0 aliphatic carbocycles. The van der Waals surface area contributed by atoms with Crippen LogP contribution in [0.1, 0.15) is 56.7 Å². The highest BCUT2D eigenvalue weighted by Gasteiger charge is 2.50. The van der Waals surface area contributed by atoms with Gasteiger partial charge in [-0.05, 0) is 48.8 Å². The molecule has 4 atom stereocenters. The monoisotopic (exact) mass is 649 g/mol. The molecule has 0 unspecified atom stereocenters. The van der Waals surface area contributed by atoms with Gasteiger partial charge in [-0.25, -0.2) is 0 Å². The van der Waals surface area contributed by atoms with E-state index in [0.29, 0.717) is 25.9 Å². The highest BCUT2D eigenvalue weighted by Crippen LogP contribution is 2.30. The normalized spacial score (nSPS) is 19.9. The minimum atomic E-state index is -0.880. The summed E-state index contributed by atoms with van der Waals surface area (Å²) in [7, 11) is 1.47. The minimum Gasteiger partial charge on any atom is -0.384 e. The summed E-state index contributed by atoms with van der Waals surface area (Å²) >= 11 is 0. The third-order valence-electron chi connectivity index (χ3n) is 8.81. The maximum atomic E-state index is 13.8. The first-order valence-electron chi connectivity index (χ1n) is 16.8. The van der Waals surface area contributed by atoms with E-state index in [-0.39, 0.29) is 42.8 Å². The summed E-state index contributed by atoms with van der Waals surface area (Å²) in [4.78, 5) is 56.0. The van der Waals surface area contributed by atoms with E-state index in [2.05, 4.69) is 15.5 Å². The number of methoxy groups -OCH3 is 1. The fourth-order valence-corrected chi connectivity index (χ4v) is 5.91. The van der Waals surface area contributed by atoms with Gasteiger partial charge in [-0.1, -0.05) is 68.4 Å². The molecule has 2 fully saturated rings. The highest BCUT2D eigenvalue weighted by molar-refractivity contribution is 5.98. The molecule has 2 aromatic rings. The number of carbonyl (C=O) groups excluding carboxylic acids is 4. The van der Waals surface area contributed by atoms with Gasteiger partial charge in [0.25, 0.3) is 0 Å². The lowest BCUT2D eigenvalue weighted by molar-refractivity contribution is -0.136. The number of rotatable bonds is 19. The zero-order valence-electron chi connectivity index (χ0n) is 28.3. The Morgan fingerprint density at radius 3 is 2.19 bits per heavy atom. The van der Waals surface area contributed by atoms with Crippen LogP contribution < -0.4 is 10.6 Å². The number of hydrogen-bond donors (Lipinski definition) is 2. The number of ketones is 2. The van der Waals surface area contributed by atoms with Crippen LogP contribution in [0, 0.1) is 11.8 Å². The van der Waals surface area contributed by atoms with Crippen LogP contribution in [0.4, 0.5) is 0 Å². The standard InChI is InChI=1S/C37H51N3O7/c1-26(2)20-32(35(43)37(3)25-47-37)39-36(44)30(24-45-4)22-33(41)31(15-14-27-8-6-5-7-9-27)38-34(42)21-28-10-12-29(13-11-28)23-40-16-18-46-19-17-40/h5-13,26,30-32H,14-25H2,1-4H3,(H,38,42)(H,39,44)/t30-,31-,32-,37+/m0/s1. The molecule has 10 nitrogen and oxygen atoms in total. The van der Waals surface area contributed by atoms with Crippen molar-refractivity contribution < 1.29 is 33.4 Å². The number of nitrogens with zero attached hydrogens (tertiary/aromatic N) is 1. The second-order valence-corrected chi connectivity index (χ2v) is 13.4. The number of hydrogen-bond acceptors (Lipinski definition) is 8. The molecule has 10 heteroatoms. The highest BCUT2D eigenvalue weighted by atomic mass is 16.6. The molecule has 0 bridgehead atoms. The molecule has 2 N–H and O–H groups in total. The van der Waals surface area contributed by atoms with E-state index >= 15 is 0 Å². The van der Waals surface area contributed by atoms with E-state index in [1.165, 1.54) is 12.7 Å². The first-order valence-corrected chi connectivity index (χ1v) is 16.8. The molecule has 0 aromatic heterocycles. The molecule has 2 amide bonds. The predicted molar refractivity (Wildman–Crippen MR) is 179 cm³/mol. The number of morpholine rings is 1. The van der Waals surface area contributed by atoms with Crippen molar-refractivity contribution >= 4 is 23.4 Å². The van der Waals surface area contributed by atoms with Gasteiger partial charge in [0.2, 0.25) is 11.8 Å². The lowest BCUT2D eigenvalue weighted by Crippen LogP contribution is -2.50. The molecular weight excluding hydrogens is 598 g/mol. The number of aryl methyl sites for hydroxylation is 1. The number of Topliss-reactive ketones (excluding diaryl/α,β-unsaturated/α-hetero) is 2. The second-order valence-electron chi connectivity index (χ2n) is 13.4. The number of carbonyl (C=O) groups is 4. The van der Waals surface area contributed by atoms with Crippen LogP contribution in [0.5, 0.6) is 0 Å². The van der Waals surface area contributed by atoms with Gasteiger partial charge < -0.3 is 24.8 Å². The van der Waals surface area contributed by atoms with Crippen LogP contribution >= 0.6 is 0 Å². The SMILES string of the molecule is COC[C@H](CC(=O)[C@H](CCc1ccccc1)NC(=O)Cc1ccc(CN2CCOCC2)cc1)C(=O)N[C@@H](CC(C)C)C(=O)[C@@]1(C)CO1. The summed E-state index contributed by atoms with van der Waals surface area (Å²) in [6.45, 7) is 10.2. The van der Waals surface area contributed by atoms with Gasteiger partial charge >= 0.3 is 0 Å². The Bertz CT molecular complexity index is 1320. The summed E-state index contributed by atoms with van der Waals surface area (Å²) in [5, 5.41) is 5.85. The molecular formula is C37H51N3O7. The zero-order chi connectivity index (χ0) is 33.8. The molecule has 2 aliphatic heterocycles. The summed E-state index contributed by atoms with van der Waals surface area (Å²) in [5.41, 5.74) is 2.20. The third-order valence-corrected chi connectivity index (χ3v) is 8.81. The Labute approximate surface area is 278 Å². The fourth-order valence-electron chi connectivity index (χ4n) is 5.91. The van der Waals surface area contributed by atoms with Gasteiger partial charge in [0.1, 0.15) is 5.60 Å². The van der Waals surface area contributed by atoms with Crippen molar-refractivity contribution in [3.63, 3.8) is 0 Å². The fraction of sp³-hybridized carbons (Fsp3) is 0.568. The van der Waals surface area contributed by atoms with Gasteiger partial charge in [-0.2, -0.15) is 0 Å². The van der Waals surface area contributed by atoms with Gasteiger partial charge in [-0.15, -0.1) is 0 Å². The number of epoxide rings is 1. The molecule has 0 saturated carbocycles. The number of nitrogens with one attached hydrogen (secondary N) is 2. The van der Waals surface area contributed by atoms with Crippen LogP contribution in [0.15, 0.2) is 54.6 Å². The minimum absolute atomic E-state index is 0.00405. The van der Waals surface area contributed by atoms with E-state index in [1.807, 2.05) is 68.4 Å². The molecule has 2 aliphatic rings. The average molecular weight is 650 g/mol. The van der Waals surface area contributed by atoms with E-state index < -0.39 is 29.5 Å². The quantitative estimate of drug-likeness (QED) is 0.222. The topological polar surface area (TPSA) is 127 Å². The van der Waals surface area contributed by atoms with Gasteiger partial charge in [0.05, 0.1) is 50.8 Å². The molecule has 4 rings (SSSR count). The number of amides is 2. The Morgan fingerprint density at radius 1 is 0.915 bits per heavy atom. The van der Waals surface area contributed by atoms with E-state index in [1.54, 1.807) is 6.92 Å². The van der Waals surface area contributed by atoms with Crippen LogP contribution in [-0.2, 0) is 52.8 Å². The lowest BCUT2D eigenvalue weighted by atomic mass is 9.91. The average Bonchev–Trinajstić information content (AvgIpc) is 3.81. The van der Waals surface area contributed by atoms with Crippen molar-refractivity contribution in [2.45, 2.75) is 77.1 Å². The predicted octanol–water partition coefficient (Wildman–Crippen LogP) is 3.29. The molecule has 47 heavy (non-hydrogen) atoms. The molecule has 2 saturated heterocycles. The van der Waals surface area contributed by atoms with E-state index in [4.69, 9.17) is 14.2 Å². The largest absolute Gasteiger partial charge is 0.384 e. The van der Waals surface area contributed by atoms with Crippen LogP contribution in [0.2, 0.25) is 0 Å². The lowest BCUT2D eigenvalue weighted by Gasteiger charge is -2.26. The first-order chi connectivity index (χ1) is 22.6. The molecule has 0 spiro atoms.